The Morgan fingerprint density at radius 1 is 0.900 bits per heavy atom. The first kappa shape index (κ1) is 19.6. The second kappa shape index (κ2) is 7.94. The minimum atomic E-state index is -1.91. The van der Waals surface area contributed by atoms with E-state index in [1.54, 1.807) is 0 Å². The largest absolute Gasteiger partial charge is 0.479 e. The van der Waals surface area contributed by atoms with E-state index in [1.165, 1.54) is 0 Å². The second-order valence-corrected chi connectivity index (χ2v) is 6.88. The van der Waals surface area contributed by atoms with Crippen LogP contribution in [0.2, 0.25) is 0 Å². The van der Waals surface area contributed by atoms with Crippen molar-refractivity contribution in [3.05, 3.63) is 95.1 Å². The molecule has 1 aliphatic carbocycles. The molecule has 0 bridgehead atoms. The lowest BCUT2D eigenvalue weighted by atomic mass is 9.98. The molecule has 1 amide bonds. The van der Waals surface area contributed by atoms with Crippen LogP contribution in [-0.4, -0.2) is 23.8 Å². The number of ether oxygens (including phenoxy) is 1. The first-order valence-corrected chi connectivity index (χ1v) is 9.25. The topological polar surface area (TPSA) is 75.6 Å². The lowest BCUT2D eigenvalue weighted by Crippen LogP contribution is -2.36. The van der Waals surface area contributed by atoms with Gasteiger partial charge in [0, 0.05) is 5.92 Å². The van der Waals surface area contributed by atoms with E-state index in [0.29, 0.717) is 0 Å². The maximum atomic E-state index is 14.0. The number of rotatable bonds is 5. The van der Waals surface area contributed by atoms with E-state index in [1.807, 2.05) is 53.8 Å². The molecule has 3 aromatic rings. The Bertz CT molecular complexity index is 1070. The van der Waals surface area contributed by atoms with E-state index in [2.05, 4.69) is 0 Å². The van der Waals surface area contributed by atoms with Gasteiger partial charge in [-0.05, 0) is 34.4 Å². The number of amides is 1. The minimum Gasteiger partial charge on any atom is -0.479 e. The number of fused-ring (bicyclic) bond motifs is 3. The Hall–Kier alpha value is -3.74. The lowest BCUT2D eigenvalue weighted by molar-refractivity contribution is -0.139. The van der Waals surface area contributed by atoms with Crippen LogP contribution in [0, 0.1) is 11.6 Å². The van der Waals surface area contributed by atoms with Crippen molar-refractivity contribution >= 4 is 12.1 Å². The number of hydrogen-bond acceptors (Lipinski definition) is 3. The molecule has 1 aliphatic rings. The molecule has 0 radical (unpaired) electrons. The van der Waals surface area contributed by atoms with Gasteiger partial charge in [-0.2, -0.15) is 0 Å². The molecule has 30 heavy (non-hydrogen) atoms. The number of carboxylic acids is 1. The number of alkyl carbamates (subject to hydrolysis) is 1. The molecule has 0 heterocycles. The molecule has 7 heteroatoms. The highest BCUT2D eigenvalue weighted by Gasteiger charge is 2.31. The Morgan fingerprint density at radius 2 is 1.43 bits per heavy atom. The molecule has 3 aromatic carbocycles. The highest BCUT2D eigenvalue weighted by atomic mass is 19.1. The summed E-state index contributed by atoms with van der Waals surface area (Å²) in [6, 6.07) is 16.5. The van der Waals surface area contributed by atoms with E-state index in [4.69, 9.17) is 4.74 Å². The highest BCUT2D eigenvalue weighted by Crippen LogP contribution is 2.44. The maximum absolute atomic E-state index is 14.0. The van der Waals surface area contributed by atoms with Crippen molar-refractivity contribution in [2.24, 2.45) is 0 Å². The average molecular weight is 409 g/mol. The number of halogens is 2. The fourth-order valence-corrected chi connectivity index (χ4v) is 3.80. The first-order valence-electron chi connectivity index (χ1n) is 9.25. The summed E-state index contributed by atoms with van der Waals surface area (Å²) in [7, 11) is 0. The van der Waals surface area contributed by atoms with Gasteiger partial charge in [0.15, 0.2) is 6.04 Å². The van der Waals surface area contributed by atoms with Crippen LogP contribution >= 0.6 is 0 Å². The number of carbonyl (C=O) groups excluding carboxylic acids is 1. The Morgan fingerprint density at radius 3 is 1.97 bits per heavy atom. The highest BCUT2D eigenvalue weighted by molar-refractivity contribution is 5.82. The van der Waals surface area contributed by atoms with E-state index >= 15 is 0 Å². The van der Waals surface area contributed by atoms with Crippen molar-refractivity contribution in [3.63, 3.8) is 0 Å². The summed E-state index contributed by atoms with van der Waals surface area (Å²) in [6.07, 6.45) is -1.08. The first-order chi connectivity index (χ1) is 14.5. The van der Waals surface area contributed by atoms with Gasteiger partial charge in [-0.1, -0.05) is 54.6 Å². The predicted octanol–water partition coefficient (Wildman–Crippen LogP) is 4.63. The predicted molar refractivity (Wildman–Crippen MR) is 105 cm³/mol. The molecule has 152 valence electrons. The fourth-order valence-electron chi connectivity index (χ4n) is 3.80. The van der Waals surface area contributed by atoms with Crippen molar-refractivity contribution in [1.82, 2.24) is 5.32 Å². The summed E-state index contributed by atoms with van der Waals surface area (Å²) in [5.74, 6) is -3.97. The van der Waals surface area contributed by atoms with E-state index in [0.717, 1.165) is 40.5 Å². The summed E-state index contributed by atoms with van der Waals surface area (Å²) < 4.78 is 33.2. The van der Waals surface area contributed by atoms with Gasteiger partial charge in [0.05, 0.1) is 5.56 Å². The molecule has 1 atom stereocenters. The Balaban J connectivity index is 1.52. The van der Waals surface area contributed by atoms with E-state index in [9.17, 15) is 23.5 Å². The van der Waals surface area contributed by atoms with Crippen molar-refractivity contribution in [3.8, 4) is 11.1 Å². The zero-order valence-electron chi connectivity index (χ0n) is 15.6. The Kier molecular flexibility index (Phi) is 5.18. The molecular weight excluding hydrogens is 392 g/mol. The van der Waals surface area contributed by atoms with Gasteiger partial charge >= 0.3 is 12.1 Å². The molecule has 2 N–H and O–H groups in total. The third-order valence-corrected chi connectivity index (χ3v) is 5.14. The molecule has 0 aromatic heterocycles. The molecule has 5 nitrogen and oxygen atoms in total. The number of carbonyl (C=O) groups is 2. The summed E-state index contributed by atoms with van der Waals surface area (Å²) in [5.41, 5.74) is 3.30. The number of aliphatic carboxylic acids is 1. The van der Waals surface area contributed by atoms with E-state index < -0.39 is 35.3 Å². The van der Waals surface area contributed by atoms with Crippen LogP contribution in [-0.2, 0) is 9.53 Å². The van der Waals surface area contributed by atoms with Crippen LogP contribution in [0.25, 0.3) is 11.1 Å². The molecule has 4 rings (SSSR count). The lowest BCUT2D eigenvalue weighted by Gasteiger charge is -2.18. The number of hydrogen-bond donors (Lipinski definition) is 2. The van der Waals surface area contributed by atoms with Gasteiger partial charge in [0.2, 0.25) is 0 Å². The van der Waals surface area contributed by atoms with Gasteiger partial charge < -0.3 is 15.2 Å². The quantitative estimate of drug-likeness (QED) is 0.644. The third kappa shape index (κ3) is 3.50. The van der Waals surface area contributed by atoms with Gasteiger partial charge in [-0.3, -0.25) is 0 Å². The number of carboxylic acid groups (broad SMARTS) is 1. The molecule has 0 saturated carbocycles. The zero-order chi connectivity index (χ0) is 21.3. The monoisotopic (exact) mass is 409 g/mol. The minimum absolute atomic E-state index is 0.0496. The van der Waals surface area contributed by atoms with Gasteiger partial charge in [0.25, 0.3) is 0 Å². The van der Waals surface area contributed by atoms with Crippen LogP contribution in [0.1, 0.15) is 28.7 Å². The zero-order valence-corrected chi connectivity index (χ0v) is 15.6. The SMILES string of the molecule is O=C(N[C@@H](C(=O)O)c1c(F)cccc1F)OCC1c2ccccc2-c2ccccc21. The maximum Gasteiger partial charge on any atom is 0.408 e. The van der Waals surface area contributed by atoms with Crippen molar-refractivity contribution in [2.45, 2.75) is 12.0 Å². The normalized spacial score (nSPS) is 13.3. The third-order valence-electron chi connectivity index (χ3n) is 5.14. The van der Waals surface area contributed by atoms with Gasteiger partial charge in [0.1, 0.15) is 18.2 Å². The second-order valence-electron chi connectivity index (χ2n) is 6.88. The van der Waals surface area contributed by atoms with Crippen LogP contribution in [0.4, 0.5) is 13.6 Å². The Labute approximate surface area is 170 Å². The summed E-state index contributed by atoms with van der Waals surface area (Å²) in [4.78, 5) is 23.8. The van der Waals surface area contributed by atoms with Crippen molar-refractivity contribution in [1.29, 1.82) is 0 Å². The van der Waals surface area contributed by atoms with Gasteiger partial charge in [-0.25, -0.2) is 18.4 Å². The fraction of sp³-hybridized carbons (Fsp3) is 0.130. The molecule has 0 saturated heterocycles. The summed E-state index contributed by atoms with van der Waals surface area (Å²) in [6.45, 7) is -0.0496. The summed E-state index contributed by atoms with van der Waals surface area (Å²) in [5, 5.41) is 11.4. The van der Waals surface area contributed by atoms with Crippen LogP contribution in [0.15, 0.2) is 66.7 Å². The van der Waals surface area contributed by atoms with Crippen molar-refractivity contribution < 1.29 is 28.2 Å². The standard InChI is InChI=1S/C23H17F2NO4/c24-18-10-5-11-19(25)20(18)21(22(27)28)26-23(29)30-12-17-15-8-3-1-6-13(15)14-7-2-4-9-16(14)17/h1-11,17,21H,12H2,(H,26,29)(H,27,28)/t21-/m1/s1. The summed E-state index contributed by atoms with van der Waals surface area (Å²) >= 11 is 0. The number of nitrogens with one attached hydrogen (secondary N) is 1. The molecule has 0 fully saturated rings. The molecule has 0 spiro atoms. The molecule has 0 aliphatic heterocycles. The molecular formula is C23H17F2NO4. The average Bonchev–Trinajstić information content (AvgIpc) is 3.05. The smallest absolute Gasteiger partial charge is 0.408 e. The van der Waals surface area contributed by atoms with Crippen molar-refractivity contribution in [2.75, 3.05) is 6.61 Å². The molecule has 0 unspecified atom stereocenters. The number of benzene rings is 3. The van der Waals surface area contributed by atoms with E-state index in [-0.39, 0.29) is 12.5 Å². The van der Waals surface area contributed by atoms with Crippen LogP contribution < -0.4 is 5.32 Å². The van der Waals surface area contributed by atoms with Crippen LogP contribution in [0.5, 0.6) is 0 Å². The van der Waals surface area contributed by atoms with Crippen LogP contribution in [0.3, 0.4) is 0 Å². The van der Waals surface area contributed by atoms with Gasteiger partial charge in [-0.15, -0.1) is 0 Å².